The van der Waals surface area contributed by atoms with Crippen LogP contribution in [0.4, 0.5) is 0 Å². The second kappa shape index (κ2) is 17.5. The Bertz CT molecular complexity index is 1120. The monoisotopic (exact) mass is 613 g/mol. The molecule has 0 aromatic heterocycles. The van der Waals surface area contributed by atoms with Crippen molar-refractivity contribution in [1.29, 1.82) is 0 Å². The number of benzene rings is 1. The number of fused-ring (bicyclic) bond motifs is 17. The largest absolute Gasteiger partial charge is 0.484 e. The first-order valence-corrected chi connectivity index (χ1v) is 16.4. The molecular weight excluding hydrogens is 558 g/mol. The van der Waals surface area contributed by atoms with Gasteiger partial charge in [-0.2, -0.15) is 0 Å². The van der Waals surface area contributed by atoms with Crippen molar-refractivity contribution in [3.05, 3.63) is 41.0 Å². The summed E-state index contributed by atoms with van der Waals surface area (Å²) in [6.07, 6.45) is 7.33. The zero-order valence-electron chi connectivity index (χ0n) is 27.7. The minimum Gasteiger partial charge on any atom is -0.484 e. The first-order valence-electron chi connectivity index (χ1n) is 16.4. The Labute approximate surface area is 264 Å². The predicted molar refractivity (Wildman–Crippen MR) is 172 cm³/mol. The molecule has 0 saturated heterocycles. The van der Waals surface area contributed by atoms with Crippen LogP contribution in [0.15, 0.2) is 35.4 Å². The molecule has 0 fully saturated rings. The molecule has 1 unspecified atom stereocenters. The van der Waals surface area contributed by atoms with E-state index in [1.54, 1.807) is 31.7 Å². The van der Waals surface area contributed by atoms with Crippen LogP contribution in [-0.4, -0.2) is 82.3 Å². The van der Waals surface area contributed by atoms with Crippen LogP contribution in [0.2, 0.25) is 0 Å². The third-order valence-electron chi connectivity index (χ3n) is 9.17. The standard InChI is InChI=1S/C35H55N3O6/c1-6-43-33(41)35(18-23-42-5)24-28-12-14-29(15-13-28)44-25-32(40)36-19-9-21-38(20-8-11-31(39)37-26-35)22-16-30-27(2)10-7-17-34(30,3)4/h12-15H,6-11,16-26H2,1-5H3,(H,36,40)(H,37,39). The molecular formula is C35H55N3O6. The SMILES string of the molecule is CCOC(=O)C1(CCOC)CNC(=O)CCCN(CCC2=C(C)CCCC2(C)C)CCCNC(=O)COc2ccc(cc2)C1. The van der Waals surface area contributed by atoms with Gasteiger partial charge in [-0.1, -0.05) is 37.1 Å². The van der Waals surface area contributed by atoms with E-state index in [9.17, 15) is 14.4 Å². The maximum absolute atomic E-state index is 13.4. The predicted octanol–water partition coefficient (Wildman–Crippen LogP) is 4.83. The van der Waals surface area contributed by atoms with E-state index < -0.39 is 5.41 Å². The first-order chi connectivity index (χ1) is 21.1. The molecule has 2 N–H and O–H groups in total. The van der Waals surface area contributed by atoms with Gasteiger partial charge in [-0.3, -0.25) is 14.4 Å². The van der Waals surface area contributed by atoms with E-state index >= 15 is 0 Å². The highest BCUT2D eigenvalue weighted by atomic mass is 16.5. The molecule has 0 radical (unpaired) electrons. The maximum Gasteiger partial charge on any atom is 0.314 e. The average molecular weight is 614 g/mol. The van der Waals surface area contributed by atoms with Gasteiger partial charge in [0.15, 0.2) is 6.61 Å². The quantitative estimate of drug-likeness (QED) is 0.320. The van der Waals surface area contributed by atoms with Gasteiger partial charge < -0.3 is 29.7 Å². The molecule has 2 heterocycles. The molecule has 1 aromatic carbocycles. The van der Waals surface area contributed by atoms with Gasteiger partial charge in [0.25, 0.3) is 5.91 Å². The van der Waals surface area contributed by atoms with E-state index in [4.69, 9.17) is 14.2 Å². The van der Waals surface area contributed by atoms with E-state index in [1.165, 1.54) is 24.8 Å². The number of amides is 2. The number of carbonyl (C=O) groups excluding carboxylic acids is 3. The molecule has 0 spiro atoms. The lowest BCUT2D eigenvalue weighted by atomic mass is 9.71. The summed E-state index contributed by atoms with van der Waals surface area (Å²) in [4.78, 5) is 41.4. The number of allylic oxidation sites excluding steroid dienone is 1. The van der Waals surface area contributed by atoms with E-state index in [-0.39, 0.29) is 43.0 Å². The van der Waals surface area contributed by atoms with E-state index in [1.807, 2.05) is 12.1 Å². The van der Waals surface area contributed by atoms with E-state index in [2.05, 4.69) is 36.3 Å². The molecule has 2 amide bonds. The molecule has 4 rings (SSSR count). The van der Waals surface area contributed by atoms with Crippen molar-refractivity contribution in [1.82, 2.24) is 15.5 Å². The van der Waals surface area contributed by atoms with Gasteiger partial charge in [-0.25, -0.2) is 0 Å². The Morgan fingerprint density at radius 2 is 1.77 bits per heavy atom. The summed E-state index contributed by atoms with van der Waals surface area (Å²) in [5, 5.41) is 6.04. The summed E-state index contributed by atoms with van der Waals surface area (Å²) in [5.41, 5.74) is 3.23. The second-order valence-corrected chi connectivity index (χ2v) is 13.0. The molecule has 2 bridgehead atoms. The summed E-state index contributed by atoms with van der Waals surface area (Å²) in [6.45, 7) is 12.6. The molecule has 246 valence electrons. The number of ether oxygens (including phenoxy) is 3. The molecule has 2 aliphatic heterocycles. The number of hydrogen-bond acceptors (Lipinski definition) is 7. The van der Waals surface area contributed by atoms with Gasteiger partial charge in [0.2, 0.25) is 5.91 Å². The lowest BCUT2D eigenvalue weighted by Gasteiger charge is -2.36. The maximum atomic E-state index is 13.4. The van der Waals surface area contributed by atoms with Crippen molar-refractivity contribution < 1.29 is 28.6 Å². The number of carbonyl (C=O) groups is 3. The Hall–Kier alpha value is -2.91. The van der Waals surface area contributed by atoms with Gasteiger partial charge in [0.1, 0.15) is 5.75 Å². The highest BCUT2D eigenvalue weighted by molar-refractivity contribution is 5.80. The summed E-state index contributed by atoms with van der Waals surface area (Å²) < 4.78 is 16.6. The molecule has 1 atom stereocenters. The smallest absolute Gasteiger partial charge is 0.314 e. The second-order valence-electron chi connectivity index (χ2n) is 13.0. The van der Waals surface area contributed by atoms with Crippen molar-refractivity contribution in [3.63, 3.8) is 0 Å². The minimum atomic E-state index is -0.977. The van der Waals surface area contributed by atoms with Gasteiger partial charge >= 0.3 is 5.97 Å². The summed E-state index contributed by atoms with van der Waals surface area (Å²) in [7, 11) is 1.60. The lowest BCUT2D eigenvalue weighted by molar-refractivity contribution is -0.156. The molecule has 1 aromatic rings. The molecule has 1 aliphatic carbocycles. The van der Waals surface area contributed by atoms with Crippen LogP contribution >= 0.6 is 0 Å². The van der Waals surface area contributed by atoms with Crippen LogP contribution in [0.25, 0.3) is 0 Å². The van der Waals surface area contributed by atoms with Crippen LogP contribution < -0.4 is 15.4 Å². The molecule has 9 nitrogen and oxygen atoms in total. The van der Waals surface area contributed by atoms with Crippen molar-refractivity contribution >= 4 is 17.8 Å². The van der Waals surface area contributed by atoms with E-state index in [0.717, 1.165) is 38.0 Å². The number of esters is 1. The average Bonchev–Trinajstić information content (AvgIpc) is 2.99. The highest BCUT2D eigenvalue weighted by Gasteiger charge is 2.40. The number of nitrogens with one attached hydrogen (secondary N) is 2. The van der Waals surface area contributed by atoms with E-state index in [0.29, 0.717) is 44.6 Å². The van der Waals surface area contributed by atoms with Crippen molar-refractivity contribution in [2.24, 2.45) is 10.8 Å². The Morgan fingerprint density at radius 1 is 1.02 bits per heavy atom. The fraction of sp³-hybridized carbons (Fsp3) is 0.686. The Balaban J connectivity index is 1.76. The topological polar surface area (TPSA) is 106 Å². The lowest BCUT2D eigenvalue weighted by Crippen LogP contribution is -2.46. The first kappa shape index (κ1) is 35.6. The molecule has 9 heteroatoms. The van der Waals surface area contributed by atoms with Crippen molar-refractivity contribution in [2.75, 3.05) is 59.7 Å². The van der Waals surface area contributed by atoms with Gasteiger partial charge in [-0.05, 0) is 101 Å². The number of rotatable bonds is 8. The van der Waals surface area contributed by atoms with Crippen LogP contribution in [0.5, 0.6) is 5.75 Å². The summed E-state index contributed by atoms with van der Waals surface area (Å²) in [5.74, 6) is -0.00436. The van der Waals surface area contributed by atoms with Crippen molar-refractivity contribution in [2.45, 2.75) is 85.5 Å². The number of hydrogen-bond donors (Lipinski definition) is 2. The van der Waals surface area contributed by atoms with Gasteiger partial charge in [0, 0.05) is 39.8 Å². The third-order valence-corrected chi connectivity index (χ3v) is 9.17. The Kier molecular flexibility index (Phi) is 14.2. The molecule has 3 aliphatic rings. The number of nitrogens with zero attached hydrogens (tertiary/aromatic N) is 1. The third kappa shape index (κ3) is 10.9. The van der Waals surface area contributed by atoms with Crippen LogP contribution in [0.3, 0.4) is 0 Å². The molecule has 44 heavy (non-hydrogen) atoms. The molecule has 0 saturated carbocycles. The zero-order valence-corrected chi connectivity index (χ0v) is 27.7. The van der Waals surface area contributed by atoms with Crippen molar-refractivity contribution in [3.8, 4) is 5.75 Å². The summed E-state index contributed by atoms with van der Waals surface area (Å²) in [6, 6.07) is 7.37. The minimum absolute atomic E-state index is 0.0573. The summed E-state index contributed by atoms with van der Waals surface area (Å²) >= 11 is 0. The highest BCUT2D eigenvalue weighted by Crippen LogP contribution is 2.41. The van der Waals surface area contributed by atoms with Crippen LogP contribution in [0.1, 0.15) is 84.6 Å². The fourth-order valence-electron chi connectivity index (χ4n) is 6.54. The van der Waals surface area contributed by atoms with Gasteiger partial charge in [0.05, 0.1) is 12.0 Å². The number of methoxy groups -OCH3 is 1. The fourth-order valence-corrected chi connectivity index (χ4v) is 6.54. The van der Waals surface area contributed by atoms with Gasteiger partial charge in [-0.15, -0.1) is 0 Å². The zero-order chi connectivity index (χ0) is 32.0. The normalized spacial score (nSPS) is 22.9. The Morgan fingerprint density at radius 3 is 2.48 bits per heavy atom. The van der Waals surface area contributed by atoms with Crippen LogP contribution in [-0.2, 0) is 30.3 Å². The van der Waals surface area contributed by atoms with Crippen LogP contribution in [0, 0.1) is 10.8 Å².